The third-order valence-electron chi connectivity index (χ3n) is 3.41. The van der Waals surface area contributed by atoms with Gasteiger partial charge in [-0.05, 0) is 33.6 Å². The van der Waals surface area contributed by atoms with Crippen LogP contribution in [0.2, 0.25) is 0 Å². The highest BCUT2D eigenvalue weighted by Gasteiger charge is 2.21. The SMILES string of the molecule is CCOC(=O)CCN(CCCCO)c1nc(C)ncc1C(=O)OCC. The molecule has 0 aromatic carbocycles. The summed E-state index contributed by atoms with van der Waals surface area (Å²) in [5.41, 5.74) is 0.264. The van der Waals surface area contributed by atoms with Gasteiger partial charge in [0.05, 0.1) is 19.6 Å². The molecule has 0 amide bonds. The van der Waals surface area contributed by atoms with Crippen molar-refractivity contribution in [2.75, 3.05) is 37.8 Å². The van der Waals surface area contributed by atoms with E-state index >= 15 is 0 Å². The summed E-state index contributed by atoms with van der Waals surface area (Å²) in [5, 5.41) is 9.00. The number of aliphatic hydroxyl groups excluding tert-OH is 1. The number of aryl methyl sites for hydroxylation is 1. The van der Waals surface area contributed by atoms with Crippen LogP contribution in [0.3, 0.4) is 0 Å². The summed E-state index contributed by atoms with van der Waals surface area (Å²) in [7, 11) is 0. The average molecular weight is 353 g/mol. The molecule has 1 rings (SSSR count). The summed E-state index contributed by atoms with van der Waals surface area (Å²) in [6.45, 7) is 6.77. The highest BCUT2D eigenvalue weighted by Crippen LogP contribution is 2.20. The third-order valence-corrected chi connectivity index (χ3v) is 3.41. The lowest BCUT2D eigenvalue weighted by atomic mass is 10.2. The molecule has 0 radical (unpaired) electrons. The first kappa shape index (κ1) is 20.8. The first-order valence-electron chi connectivity index (χ1n) is 8.55. The van der Waals surface area contributed by atoms with E-state index in [1.54, 1.807) is 20.8 Å². The predicted octanol–water partition coefficient (Wildman–Crippen LogP) is 1.49. The minimum atomic E-state index is -0.499. The topological polar surface area (TPSA) is 102 Å². The van der Waals surface area contributed by atoms with Crippen LogP contribution in [0, 0.1) is 6.92 Å². The fraction of sp³-hybridized carbons (Fsp3) is 0.647. The number of aliphatic hydroxyl groups is 1. The van der Waals surface area contributed by atoms with Gasteiger partial charge in [0.15, 0.2) is 0 Å². The summed E-state index contributed by atoms with van der Waals surface area (Å²) < 4.78 is 10.0. The van der Waals surface area contributed by atoms with Crippen LogP contribution >= 0.6 is 0 Å². The van der Waals surface area contributed by atoms with Gasteiger partial charge >= 0.3 is 11.9 Å². The Kier molecular flexibility index (Phi) is 9.46. The lowest BCUT2D eigenvalue weighted by Gasteiger charge is -2.25. The molecule has 25 heavy (non-hydrogen) atoms. The second kappa shape index (κ2) is 11.4. The number of aromatic nitrogens is 2. The van der Waals surface area contributed by atoms with Crippen LogP contribution < -0.4 is 4.90 Å². The van der Waals surface area contributed by atoms with Gasteiger partial charge in [-0.1, -0.05) is 0 Å². The van der Waals surface area contributed by atoms with E-state index in [0.717, 1.165) is 0 Å². The van der Waals surface area contributed by atoms with Crippen LogP contribution in [-0.2, 0) is 14.3 Å². The number of nitrogens with zero attached hydrogens (tertiary/aromatic N) is 3. The molecule has 0 bridgehead atoms. The van der Waals surface area contributed by atoms with E-state index in [9.17, 15) is 9.59 Å². The number of anilines is 1. The smallest absolute Gasteiger partial charge is 0.343 e. The first-order chi connectivity index (χ1) is 12.0. The van der Waals surface area contributed by atoms with E-state index in [1.165, 1.54) is 6.20 Å². The van der Waals surface area contributed by atoms with E-state index in [4.69, 9.17) is 14.6 Å². The normalized spacial score (nSPS) is 10.4. The maximum absolute atomic E-state index is 12.2. The minimum absolute atomic E-state index is 0.0826. The quantitative estimate of drug-likeness (QED) is 0.472. The number of carbonyl (C=O) groups excluding carboxylic acids is 2. The van der Waals surface area contributed by atoms with E-state index in [1.807, 2.05) is 4.90 Å². The molecule has 0 atom stereocenters. The number of hydrogen-bond donors (Lipinski definition) is 1. The molecule has 0 aliphatic carbocycles. The van der Waals surface area contributed by atoms with Crippen molar-refractivity contribution in [3.63, 3.8) is 0 Å². The number of ether oxygens (including phenoxy) is 2. The first-order valence-corrected chi connectivity index (χ1v) is 8.55. The molecular weight excluding hydrogens is 326 g/mol. The van der Waals surface area contributed by atoms with Crippen molar-refractivity contribution in [3.05, 3.63) is 17.6 Å². The fourth-order valence-electron chi connectivity index (χ4n) is 2.25. The van der Waals surface area contributed by atoms with Gasteiger partial charge in [0.1, 0.15) is 17.2 Å². The Morgan fingerprint density at radius 1 is 1.16 bits per heavy atom. The molecule has 8 nitrogen and oxygen atoms in total. The average Bonchev–Trinajstić information content (AvgIpc) is 2.58. The zero-order valence-corrected chi connectivity index (χ0v) is 15.2. The minimum Gasteiger partial charge on any atom is -0.466 e. The number of carbonyl (C=O) groups is 2. The van der Waals surface area contributed by atoms with E-state index < -0.39 is 5.97 Å². The maximum Gasteiger partial charge on any atom is 0.343 e. The van der Waals surface area contributed by atoms with Crippen LogP contribution in [0.1, 0.15) is 49.3 Å². The zero-order valence-electron chi connectivity index (χ0n) is 15.2. The lowest BCUT2D eigenvalue weighted by Crippen LogP contribution is -2.31. The highest BCUT2D eigenvalue weighted by molar-refractivity contribution is 5.94. The van der Waals surface area contributed by atoms with Crippen molar-refractivity contribution < 1.29 is 24.2 Å². The molecule has 140 valence electrons. The molecule has 1 N–H and O–H groups in total. The molecule has 1 aromatic rings. The third kappa shape index (κ3) is 7.04. The molecule has 0 saturated carbocycles. The van der Waals surface area contributed by atoms with Gasteiger partial charge in [0.25, 0.3) is 0 Å². The number of esters is 2. The molecule has 0 fully saturated rings. The molecule has 1 aromatic heterocycles. The molecule has 0 aliphatic heterocycles. The Bertz CT molecular complexity index is 565. The van der Waals surface area contributed by atoms with Crippen molar-refractivity contribution in [3.8, 4) is 0 Å². The largest absolute Gasteiger partial charge is 0.466 e. The molecule has 0 saturated heterocycles. The van der Waals surface area contributed by atoms with Crippen LogP contribution in [0.15, 0.2) is 6.20 Å². The Morgan fingerprint density at radius 3 is 2.52 bits per heavy atom. The monoisotopic (exact) mass is 353 g/mol. The van der Waals surface area contributed by atoms with E-state index in [2.05, 4.69) is 9.97 Å². The molecule has 0 spiro atoms. The van der Waals surface area contributed by atoms with Gasteiger partial charge in [-0.15, -0.1) is 0 Å². The maximum atomic E-state index is 12.2. The van der Waals surface area contributed by atoms with Crippen molar-refractivity contribution in [1.29, 1.82) is 0 Å². The van der Waals surface area contributed by atoms with Gasteiger partial charge in [-0.3, -0.25) is 4.79 Å². The Balaban J connectivity index is 3.03. The summed E-state index contributed by atoms with van der Waals surface area (Å²) in [6, 6.07) is 0. The Labute approximate surface area is 148 Å². The van der Waals surface area contributed by atoms with Crippen molar-refractivity contribution in [2.24, 2.45) is 0 Å². The van der Waals surface area contributed by atoms with Crippen LogP contribution in [0.5, 0.6) is 0 Å². The molecule has 8 heteroatoms. The summed E-state index contributed by atoms with van der Waals surface area (Å²) in [5.74, 6) is 0.151. The molecule has 1 heterocycles. The van der Waals surface area contributed by atoms with Gasteiger partial charge in [-0.25, -0.2) is 14.8 Å². The van der Waals surface area contributed by atoms with Gasteiger partial charge in [-0.2, -0.15) is 0 Å². The van der Waals surface area contributed by atoms with Crippen LogP contribution in [0.25, 0.3) is 0 Å². The van der Waals surface area contributed by atoms with Gasteiger partial charge in [0.2, 0.25) is 0 Å². The number of unbranched alkanes of at least 4 members (excludes halogenated alkanes) is 1. The Morgan fingerprint density at radius 2 is 1.88 bits per heavy atom. The van der Waals surface area contributed by atoms with E-state index in [0.29, 0.717) is 44.2 Å². The second-order valence-electron chi connectivity index (χ2n) is 5.35. The molecule has 0 aliphatic rings. The fourth-order valence-corrected chi connectivity index (χ4v) is 2.25. The number of rotatable bonds is 11. The van der Waals surface area contributed by atoms with Crippen LogP contribution in [-0.4, -0.2) is 59.9 Å². The summed E-state index contributed by atoms with van der Waals surface area (Å²) in [4.78, 5) is 34.2. The van der Waals surface area contributed by atoms with Crippen molar-refractivity contribution in [2.45, 2.75) is 40.0 Å². The van der Waals surface area contributed by atoms with Crippen LogP contribution in [0.4, 0.5) is 5.82 Å². The summed E-state index contributed by atoms with van der Waals surface area (Å²) in [6.07, 6.45) is 2.94. The van der Waals surface area contributed by atoms with E-state index in [-0.39, 0.29) is 31.2 Å². The summed E-state index contributed by atoms with van der Waals surface area (Å²) >= 11 is 0. The van der Waals surface area contributed by atoms with Gasteiger partial charge < -0.3 is 19.5 Å². The predicted molar refractivity (Wildman–Crippen MR) is 92.5 cm³/mol. The Hall–Kier alpha value is -2.22. The van der Waals surface area contributed by atoms with Gasteiger partial charge in [0, 0.05) is 25.9 Å². The number of hydrogen-bond acceptors (Lipinski definition) is 8. The second-order valence-corrected chi connectivity index (χ2v) is 5.35. The zero-order chi connectivity index (χ0) is 18.7. The molecular formula is C17H27N3O5. The van der Waals surface area contributed by atoms with Crippen molar-refractivity contribution >= 4 is 17.8 Å². The highest BCUT2D eigenvalue weighted by atomic mass is 16.5. The standard InChI is InChI=1S/C17H27N3O5/c1-4-24-15(22)8-10-20(9-6-7-11-21)16-14(17(23)25-5-2)12-18-13(3)19-16/h12,21H,4-11H2,1-3H3. The van der Waals surface area contributed by atoms with Crippen molar-refractivity contribution in [1.82, 2.24) is 9.97 Å². The molecule has 0 unspecified atom stereocenters. The lowest BCUT2D eigenvalue weighted by molar-refractivity contribution is -0.142.